The van der Waals surface area contributed by atoms with Crippen molar-refractivity contribution in [2.45, 2.75) is 6.42 Å². The van der Waals surface area contributed by atoms with Gasteiger partial charge in [-0.15, -0.1) is 0 Å². The Hall–Kier alpha value is -0.940. The molecule has 0 saturated heterocycles. The first-order valence-corrected chi connectivity index (χ1v) is 4.01. The Kier molecular flexibility index (Phi) is 3.19. The lowest BCUT2D eigenvalue weighted by Crippen LogP contribution is -2.05. The van der Waals surface area contributed by atoms with Gasteiger partial charge in [-0.3, -0.25) is 0 Å². The van der Waals surface area contributed by atoms with Gasteiger partial charge in [0.15, 0.2) is 4.77 Å². The van der Waals surface area contributed by atoms with Crippen LogP contribution >= 0.6 is 12.2 Å². The summed E-state index contributed by atoms with van der Waals surface area (Å²) in [7, 11) is 1.56. The molecular weight excluding hydrogens is 174 g/mol. The van der Waals surface area contributed by atoms with Crippen molar-refractivity contribution in [3.63, 3.8) is 0 Å². The molecule has 4 nitrogen and oxygen atoms in total. The number of methoxy groups -OCH3 is 1. The molecule has 0 aliphatic heterocycles. The van der Waals surface area contributed by atoms with Gasteiger partial charge in [-0.25, -0.2) is 0 Å². The summed E-state index contributed by atoms with van der Waals surface area (Å²) in [5.41, 5.74) is 6.34. The minimum absolute atomic E-state index is 0.429. The van der Waals surface area contributed by atoms with Crippen molar-refractivity contribution < 1.29 is 4.74 Å². The Balaban J connectivity index is 2.98. The second-order valence-corrected chi connectivity index (χ2v) is 2.68. The van der Waals surface area contributed by atoms with E-state index < -0.39 is 0 Å². The third kappa shape index (κ3) is 2.28. The molecule has 1 aromatic heterocycles. The Morgan fingerprint density at radius 1 is 1.75 bits per heavy atom. The van der Waals surface area contributed by atoms with E-state index in [2.05, 4.69) is 9.97 Å². The summed E-state index contributed by atoms with van der Waals surface area (Å²) in [5.74, 6) is 0.530. The van der Waals surface area contributed by atoms with Crippen LogP contribution in [-0.4, -0.2) is 23.6 Å². The van der Waals surface area contributed by atoms with E-state index in [1.54, 1.807) is 13.2 Å². The molecule has 0 aromatic carbocycles. The van der Waals surface area contributed by atoms with Gasteiger partial charge in [0.2, 0.25) is 5.88 Å². The standard InChI is InChI=1S/C7H11N3OS/c1-11-6-4-5(2-3-8)9-7(12)10-6/h4H,2-3,8H2,1H3,(H,9,10,12). The van der Waals surface area contributed by atoms with Crippen molar-refractivity contribution in [3.05, 3.63) is 16.5 Å². The predicted molar refractivity (Wildman–Crippen MR) is 48.7 cm³/mol. The van der Waals surface area contributed by atoms with Gasteiger partial charge in [0, 0.05) is 11.8 Å². The van der Waals surface area contributed by atoms with E-state index in [0.29, 0.717) is 17.2 Å². The molecule has 0 spiro atoms. The highest BCUT2D eigenvalue weighted by atomic mass is 32.1. The summed E-state index contributed by atoms with van der Waals surface area (Å²) >= 11 is 4.88. The lowest BCUT2D eigenvalue weighted by atomic mass is 10.3. The van der Waals surface area contributed by atoms with Gasteiger partial charge in [0.05, 0.1) is 7.11 Å². The van der Waals surface area contributed by atoms with Gasteiger partial charge in [-0.2, -0.15) is 4.98 Å². The predicted octanol–water partition coefficient (Wildman–Crippen LogP) is 0.649. The number of rotatable bonds is 3. The van der Waals surface area contributed by atoms with Gasteiger partial charge in [-0.1, -0.05) is 0 Å². The number of ether oxygens (including phenoxy) is 1. The van der Waals surface area contributed by atoms with Crippen LogP contribution in [0.25, 0.3) is 0 Å². The van der Waals surface area contributed by atoms with Crippen molar-refractivity contribution in [3.8, 4) is 5.88 Å². The minimum atomic E-state index is 0.429. The topological polar surface area (TPSA) is 63.9 Å². The van der Waals surface area contributed by atoms with Crippen LogP contribution in [0, 0.1) is 4.77 Å². The molecule has 3 N–H and O–H groups in total. The van der Waals surface area contributed by atoms with E-state index in [1.165, 1.54) is 0 Å². The zero-order valence-electron chi connectivity index (χ0n) is 6.83. The summed E-state index contributed by atoms with van der Waals surface area (Å²) in [6.45, 7) is 0.582. The van der Waals surface area contributed by atoms with E-state index >= 15 is 0 Å². The molecule has 1 aromatic rings. The molecule has 0 radical (unpaired) electrons. The highest BCUT2D eigenvalue weighted by Gasteiger charge is 1.96. The third-order valence-corrected chi connectivity index (χ3v) is 1.59. The second-order valence-electron chi connectivity index (χ2n) is 2.29. The normalized spacial score (nSPS) is 9.83. The summed E-state index contributed by atoms with van der Waals surface area (Å²) in [4.78, 5) is 6.86. The Morgan fingerprint density at radius 3 is 3.08 bits per heavy atom. The number of hydrogen-bond donors (Lipinski definition) is 2. The largest absolute Gasteiger partial charge is 0.481 e. The van der Waals surface area contributed by atoms with Gasteiger partial charge < -0.3 is 15.5 Å². The second kappa shape index (κ2) is 4.18. The van der Waals surface area contributed by atoms with Crippen molar-refractivity contribution in [2.24, 2.45) is 5.73 Å². The van der Waals surface area contributed by atoms with Crippen molar-refractivity contribution in [1.82, 2.24) is 9.97 Å². The van der Waals surface area contributed by atoms with Crippen LogP contribution in [0.5, 0.6) is 5.88 Å². The lowest BCUT2D eigenvalue weighted by molar-refractivity contribution is 0.395. The van der Waals surface area contributed by atoms with E-state index in [1.807, 2.05) is 0 Å². The van der Waals surface area contributed by atoms with Crippen molar-refractivity contribution in [2.75, 3.05) is 13.7 Å². The zero-order valence-corrected chi connectivity index (χ0v) is 7.65. The SMILES string of the molecule is COc1cc(CCN)[nH]c(=S)n1. The van der Waals surface area contributed by atoms with Crippen LogP contribution in [0.4, 0.5) is 0 Å². The summed E-state index contributed by atoms with van der Waals surface area (Å²) in [6.07, 6.45) is 0.752. The fourth-order valence-electron chi connectivity index (χ4n) is 0.878. The van der Waals surface area contributed by atoms with Crippen molar-refractivity contribution >= 4 is 12.2 Å². The first kappa shape index (κ1) is 9.15. The monoisotopic (exact) mass is 185 g/mol. The molecule has 66 valence electrons. The molecule has 0 aliphatic rings. The Bertz CT molecular complexity index is 310. The van der Waals surface area contributed by atoms with E-state index in [9.17, 15) is 0 Å². The Labute approximate surface area is 75.8 Å². The van der Waals surface area contributed by atoms with Crippen LogP contribution in [0.1, 0.15) is 5.69 Å². The molecule has 0 saturated carbocycles. The summed E-state index contributed by atoms with van der Waals surface area (Å²) < 4.78 is 5.37. The average Bonchev–Trinajstić information content (AvgIpc) is 2.04. The number of hydrogen-bond acceptors (Lipinski definition) is 4. The van der Waals surface area contributed by atoms with Crippen LogP contribution < -0.4 is 10.5 Å². The van der Waals surface area contributed by atoms with Crippen LogP contribution in [0.15, 0.2) is 6.07 Å². The highest BCUT2D eigenvalue weighted by Crippen LogP contribution is 2.06. The van der Waals surface area contributed by atoms with Crippen LogP contribution in [0.2, 0.25) is 0 Å². The van der Waals surface area contributed by atoms with Crippen LogP contribution in [0.3, 0.4) is 0 Å². The maximum Gasteiger partial charge on any atom is 0.217 e. The fourth-order valence-corrected chi connectivity index (χ4v) is 1.10. The minimum Gasteiger partial charge on any atom is -0.481 e. The number of nitrogens with one attached hydrogen (secondary N) is 1. The number of H-pyrrole nitrogens is 1. The van der Waals surface area contributed by atoms with E-state index in [-0.39, 0.29) is 0 Å². The molecule has 0 unspecified atom stereocenters. The number of aromatic nitrogens is 2. The van der Waals surface area contributed by atoms with Crippen molar-refractivity contribution in [1.29, 1.82) is 0 Å². The molecule has 5 heteroatoms. The fraction of sp³-hybridized carbons (Fsp3) is 0.429. The average molecular weight is 185 g/mol. The molecule has 1 rings (SSSR count). The van der Waals surface area contributed by atoms with Crippen LogP contribution in [-0.2, 0) is 6.42 Å². The van der Waals surface area contributed by atoms with Gasteiger partial charge >= 0.3 is 0 Å². The first-order valence-electron chi connectivity index (χ1n) is 3.60. The number of aromatic amines is 1. The van der Waals surface area contributed by atoms with Gasteiger partial charge in [-0.05, 0) is 25.2 Å². The molecular formula is C7H11N3OS. The maximum atomic E-state index is 5.39. The molecule has 12 heavy (non-hydrogen) atoms. The molecule has 0 aliphatic carbocycles. The smallest absolute Gasteiger partial charge is 0.217 e. The van der Waals surface area contributed by atoms with Gasteiger partial charge in [0.1, 0.15) is 0 Å². The number of nitrogens with zero attached hydrogens (tertiary/aromatic N) is 1. The first-order chi connectivity index (χ1) is 5.76. The zero-order chi connectivity index (χ0) is 8.97. The number of nitrogens with two attached hydrogens (primary N) is 1. The molecule has 0 fully saturated rings. The molecule has 0 atom stereocenters. The van der Waals surface area contributed by atoms with Gasteiger partial charge in [0.25, 0.3) is 0 Å². The molecule has 0 amide bonds. The quantitative estimate of drug-likeness (QED) is 0.679. The Morgan fingerprint density at radius 2 is 2.50 bits per heavy atom. The van der Waals surface area contributed by atoms with E-state index in [4.69, 9.17) is 22.7 Å². The highest BCUT2D eigenvalue weighted by molar-refractivity contribution is 7.71. The maximum absolute atomic E-state index is 5.39. The van der Waals surface area contributed by atoms with E-state index in [0.717, 1.165) is 12.1 Å². The molecule has 0 bridgehead atoms. The summed E-state index contributed by atoms with van der Waals surface area (Å²) in [6, 6.07) is 1.79. The molecule has 1 heterocycles. The lowest BCUT2D eigenvalue weighted by Gasteiger charge is -2.01. The third-order valence-electron chi connectivity index (χ3n) is 1.40. The summed E-state index contributed by atoms with van der Waals surface area (Å²) in [5, 5.41) is 0.